The Morgan fingerprint density at radius 2 is 1.66 bits per heavy atom. The molecule has 4 aromatic rings. The van der Waals surface area contributed by atoms with Crippen LogP contribution in [0.3, 0.4) is 0 Å². The number of anilines is 1. The van der Waals surface area contributed by atoms with E-state index in [4.69, 9.17) is 9.47 Å². The summed E-state index contributed by atoms with van der Waals surface area (Å²) in [4.78, 5) is 15.0. The lowest BCUT2D eigenvalue weighted by Crippen LogP contribution is -2.07. The van der Waals surface area contributed by atoms with Crippen molar-refractivity contribution in [2.45, 2.75) is 6.54 Å². The first-order chi connectivity index (χ1) is 15.6. The number of ether oxygens (including phenoxy) is 2. The predicted octanol–water partition coefficient (Wildman–Crippen LogP) is 5.08. The smallest absolute Gasteiger partial charge is 0.269 e. The van der Waals surface area contributed by atoms with Crippen LogP contribution < -0.4 is 14.8 Å². The van der Waals surface area contributed by atoms with Crippen molar-refractivity contribution in [1.29, 1.82) is 0 Å². The number of rotatable bonds is 8. The summed E-state index contributed by atoms with van der Waals surface area (Å²) in [5.74, 6) is 1.32. The molecule has 8 nitrogen and oxygen atoms in total. The van der Waals surface area contributed by atoms with Gasteiger partial charge in [-0.1, -0.05) is 30.3 Å². The Morgan fingerprint density at radius 1 is 0.969 bits per heavy atom. The van der Waals surface area contributed by atoms with E-state index in [9.17, 15) is 10.1 Å². The predicted molar refractivity (Wildman–Crippen MR) is 123 cm³/mol. The second kappa shape index (κ2) is 9.22. The normalized spacial score (nSPS) is 10.6. The van der Waals surface area contributed by atoms with E-state index in [1.807, 2.05) is 53.2 Å². The monoisotopic (exact) mass is 430 g/mol. The standard InChI is InChI=1S/C24H22N4O4/c1-31-21-12-13-22(32-2)24(23(21)25-14-17-6-4-3-5-7-17)27-15-20(26-16-27)18-8-10-19(11-9-18)28(29)30/h3-13,15-16,25H,14H2,1-2H3. The maximum atomic E-state index is 10.9. The molecular formula is C24H22N4O4. The van der Waals surface area contributed by atoms with Gasteiger partial charge in [0.1, 0.15) is 29.2 Å². The summed E-state index contributed by atoms with van der Waals surface area (Å²) < 4.78 is 13.1. The molecule has 3 aromatic carbocycles. The first-order valence-corrected chi connectivity index (χ1v) is 9.92. The number of imidazole rings is 1. The van der Waals surface area contributed by atoms with E-state index in [1.165, 1.54) is 12.1 Å². The molecule has 162 valence electrons. The highest BCUT2D eigenvalue weighted by Crippen LogP contribution is 2.39. The minimum atomic E-state index is -0.422. The fourth-order valence-corrected chi connectivity index (χ4v) is 3.45. The van der Waals surface area contributed by atoms with E-state index < -0.39 is 4.92 Å². The van der Waals surface area contributed by atoms with Crippen LogP contribution in [0.5, 0.6) is 11.5 Å². The average molecular weight is 430 g/mol. The van der Waals surface area contributed by atoms with Crippen LogP contribution in [0.15, 0.2) is 79.3 Å². The van der Waals surface area contributed by atoms with Crippen LogP contribution in [0, 0.1) is 10.1 Å². The molecule has 0 amide bonds. The van der Waals surface area contributed by atoms with Crippen molar-refractivity contribution >= 4 is 11.4 Å². The SMILES string of the molecule is COc1ccc(OC)c(-n2cnc(-c3ccc([N+](=O)[O-])cc3)c2)c1NCc1ccccc1. The van der Waals surface area contributed by atoms with Crippen LogP contribution in [0.1, 0.15) is 5.56 Å². The Kier molecular flexibility index (Phi) is 6.03. The van der Waals surface area contributed by atoms with Gasteiger partial charge in [-0.3, -0.25) is 10.1 Å². The topological polar surface area (TPSA) is 91.5 Å². The molecule has 4 rings (SSSR count). The van der Waals surface area contributed by atoms with Gasteiger partial charge in [0.15, 0.2) is 0 Å². The molecule has 1 aromatic heterocycles. The number of aromatic nitrogens is 2. The molecule has 0 unspecified atom stereocenters. The third-order valence-corrected chi connectivity index (χ3v) is 5.07. The minimum absolute atomic E-state index is 0.0371. The molecule has 1 N–H and O–H groups in total. The van der Waals surface area contributed by atoms with Crippen molar-refractivity contribution < 1.29 is 14.4 Å². The van der Waals surface area contributed by atoms with Gasteiger partial charge < -0.3 is 19.4 Å². The lowest BCUT2D eigenvalue weighted by atomic mass is 10.1. The quantitative estimate of drug-likeness (QED) is 0.310. The van der Waals surface area contributed by atoms with E-state index >= 15 is 0 Å². The van der Waals surface area contributed by atoms with Crippen LogP contribution in [0.2, 0.25) is 0 Å². The van der Waals surface area contributed by atoms with E-state index in [-0.39, 0.29) is 5.69 Å². The zero-order chi connectivity index (χ0) is 22.5. The van der Waals surface area contributed by atoms with Gasteiger partial charge in [-0.15, -0.1) is 0 Å². The molecule has 8 heteroatoms. The summed E-state index contributed by atoms with van der Waals surface area (Å²) in [5.41, 5.74) is 4.14. The lowest BCUT2D eigenvalue weighted by molar-refractivity contribution is -0.384. The molecule has 0 saturated carbocycles. The molecule has 0 saturated heterocycles. The largest absolute Gasteiger partial charge is 0.495 e. The summed E-state index contributed by atoms with van der Waals surface area (Å²) in [6.45, 7) is 0.598. The lowest BCUT2D eigenvalue weighted by Gasteiger charge is -2.19. The zero-order valence-electron chi connectivity index (χ0n) is 17.7. The molecule has 0 spiro atoms. The second-order valence-electron chi connectivity index (χ2n) is 7.00. The van der Waals surface area contributed by atoms with Crippen molar-refractivity contribution in [1.82, 2.24) is 9.55 Å². The van der Waals surface area contributed by atoms with Gasteiger partial charge >= 0.3 is 0 Å². The molecular weight excluding hydrogens is 408 g/mol. The highest BCUT2D eigenvalue weighted by Gasteiger charge is 2.18. The van der Waals surface area contributed by atoms with Crippen LogP contribution in [0.25, 0.3) is 16.9 Å². The third kappa shape index (κ3) is 4.24. The molecule has 32 heavy (non-hydrogen) atoms. The van der Waals surface area contributed by atoms with Gasteiger partial charge in [0.25, 0.3) is 5.69 Å². The Labute approximate surface area is 185 Å². The van der Waals surface area contributed by atoms with Gasteiger partial charge in [0, 0.05) is 30.4 Å². The van der Waals surface area contributed by atoms with Crippen LogP contribution in [-0.2, 0) is 6.54 Å². The van der Waals surface area contributed by atoms with Gasteiger partial charge in [-0.2, -0.15) is 0 Å². The van der Waals surface area contributed by atoms with Crippen molar-refractivity contribution in [3.05, 3.63) is 94.9 Å². The second-order valence-corrected chi connectivity index (χ2v) is 7.00. The number of nitro benzene ring substituents is 1. The Bertz CT molecular complexity index is 1220. The van der Waals surface area contributed by atoms with Gasteiger partial charge in [0.05, 0.1) is 24.8 Å². The summed E-state index contributed by atoms with van der Waals surface area (Å²) in [6, 6.07) is 20.0. The number of benzene rings is 3. The zero-order valence-corrected chi connectivity index (χ0v) is 17.7. The third-order valence-electron chi connectivity index (χ3n) is 5.07. The summed E-state index contributed by atoms with van der Waals surface area (Å²) >= 11 is 0. The summed E-state index contributed by atoms with van der Waals surface area (Å²) in [7, 11) is 3.23. The van der Waals surface area contributed by atoms with Crippen LogP contribution >= 0.6 is 0 Å². The number of nitrogens with one attached hydrogen (secondary N) is 1. The maximum absolute atomic E-state index is 10.9. The molecule has 0 atom stereocenters. The van der Waals surface area contributed by atoms with Crippen LogP contribution in [-0.4, -0.2) is 28.7 Å². The van der Waals surface area contributed by atoms with Crippen molar-refractivity contribution in [2.75, 3.05) is 19.5 Å². The average Bonchev–Trinajstić information content (AvgIpc) is 3.32. The van der Waals surface area contributed by atoms with Crippen molar-refractivity contribution in [2.24, 2.45) is 0 Å². The molecule has 0 aliphatic heterocycles. The Hall–Kier alpha value is -4.33. The minimum Gasteiger partial charge on any atom is -0.495 e. The fraction of sp³-hybridized carbons (Fsp3) is 0.125. The number of methoxy groups -OCH3 is 2. The highest BCUT2D eigenvalue weighted by atomic mass is 16.6. The molecule has 0 fully saturated rings. The van der Waals surface area contributed by atoms with Gasteiger partial charge in [0.2, 0.25) is 0 Å². The van der Waals surface area contributed by atoms with E-state index in [2.05, 4.69) is 10.3 Å². The van der Waals surface area contributed by atoms with E-state index in [0.717, 1.165) is 22.5 Å². The van der Waals surface area contributed by atoms with Gasteiger partial charge in [-0.05, 0) is 29.8 Å². The summed E-state index contributed by atoms with van der Waals surface area (Å²) in [5, 5.41) is 14.4. The molecule has 0 aliphatic rings. The fourth-order valence-electron chi connectivity index (χ4n) is 3.45. The number of nitro groups is 1. The molecule has 0 aliphatic carbocycles. The Morgan fingerprint density at radius 3 is 2.31 bits per heavy atom. The maximum Gasteiger partial charge on any atom is 0.269 e. The number of non-ortho nitro benzene ring substituents is 1. The van der Waals surface area contributed by atoms with Crippen LogP contribution in [0.4, 0.5) is 11.4 Å². The van der Waals surface area contributed by atoms with Crippen molar-refractivity contribution in [3.63, 3.8) is 0 Å². The molecule has 0 bridgehead atoms. The number of hydrogen-bond donors (Lipinski definition) is 1. The van der Waals surface area contributed by atoms with E-state index in [0.29, 0.717) is 23.7 Å². The first-order valence-electron chi connectivity index (χ1n) is 9.92. The highest BCUT2D eigenvalue weighted by molar-refractivity contribution is 5.75. The molecule has 1 heterocycles. The summed E-state index contributed by atoms with van der Waals surface area (Å²) in [6.07, 6.45) is 3.54. The van der Waals surface area contributed by atoms with Crippen molar-refractivity contribution in [3.8, 4) is 28.4 Å². The molecule has 0 radical (unpaired) electrons. The van der Waals surface area contributed by atoms with Gasteiger partial charge in [-0.25, -0.2) is 4.98 Å². The number of hydrogen-bond acceptors (Lipinski definition) is 6. The van der Waals surface area contributed by atoms with E-state index in [1.54, 1.807) is 32.7 Å². The Balaban J connectivity index is 1.73. The first kappa shape index (κ1) is 20.9. The number of nitrogens with zero attached hydrogens (tertiary/aromatic N) is 3.